The standard InChI is InChI=1S/C18H23NOS.C2H2/c1-6-17(21-7-2)15-9-11-16(12-10-15)20-18(19-5)13-8-14(3)4;1-2/h6-14H,2H2,1,3-5H3;1-2H/b13-8-,17-6-,19-18?;. The Morgan fingerprint density at radius 3 is 2.30 bits per heavy atom. The number of ether oxygens (including phenoxy) is 1. The lowest BCUT2D eigenvalue weighted by molar-refractivity contribution is 0.553. The predicted octanol–water partition coefficient (Wildman–Crippen LogP) is 5.79. The van der Waals surface area contributed by atoms with Crippen LogP contribution in [0.5, 0.6) is 5.75 Å². The minimum atomic E-state index is 0.473. The third-order valence-corrected chi connectivity index (χ3v) is 3.57. The van der Waals surface area contributed by atoms with Crippen molar-refractivity contribution in [3.8, 4) is 18.6 Å². The van der Waals surface area contributed by atoms with Gasteiger partial charge in [0.1, 0.15) is 5.75 Å². The van der Waals surface area contributed by atoms with Crippen LogP contribution in [0.4, 0.5) is 0 Å². The number of terminal acetylenes is 1. The maximum atomic E-state index is 5.76. The summed E-state index contributed by atoms with van der Waals surface area (Å²) in [6.07, 6.45) is 14.0. The average molecular weight is 327 g/mol. The van der Waals surface area contributed by atoms with E-state index >= 15 is 0 Å². The van der Waals surface area contributed by atoms with Crippen LogP contribution in [0.15, 0.2) is 59.5 Å². The molecule has 0 spiro atoms. The Hall–Kier alpha value is -2.18. The smallest absolute Gasteiger partial charge is 0.214 e. The van der Waals surface area contributed by atoms with Crippen molar-refractivity contribution >= 4 is 22.6 Å². The maximum Gasteiger partial charge on any atom is 0.214 e. The van der Waals surface area contributed by atoms with Crippen LogP contribution >= 0.6 is 11.8 Å². The van der Waals surface area contributed by atoms with Gasteiger partial charge in [0.05, 0.1) is 0 Å². The van der Waals surface area contributed by atoms with Gasteiger partial charge in [0, 0.05) is 12.0 Å². The van der Waals surface area contributed by atoms with Crippen molar-refractivity contribution in [2.75, 3.05) is 7.05 Å². The second kappa shape index (κ2) is 12.4. The first-order valence-electron chi connectivity index (χ1n) is 7.31. The minimum Gasteiger partial charge on any atom is -0.439 e. The summed E-state index contributed by atoms with van der Waals surface area (Å²) in [6.45, 7) is 10.0. The van der Waals surface area contributed by atoms with Crippen LogP contribution in [0.2, 0.25) is 0 Å². The molecule has 1 aromatic rings. The van der Waals surface area contributed by atoms with Gasteiger partial charge in [0.25, 0.3) is 0 Å². The van der Waals surface area contributed by atoms with Crippen molar-refractivity contribution in [1.82, 2.24) is 0 Å². The minimum absolute atomic E-state index is 0.473. The van der Waals surface area contributed by atoms with Crippen LogP contribution in [0, 0.1) is 18.8 Å². The quantitative estimate of drug-likeness (QED) is 0.374. The number of aliphatic imine (C=N–C) groups is 1. The van der Waals surface area contributed by atoms with Gasteiger partial charge in [0.2, 0.25) is 5.90 Å². The van der Waals surface area contributed by atoms with E-state index in [4.69, 9.17) is 4.74 Å². The Kier molecular flexibility index (Phi) is 11.2. The molecule has 1 aromatic carbocycles. The molecule has 0 amide bonds. The van der Waals surface area contributed by atoms with Crippen LogP contribution in [-0.2, 0) is 0 Å². The Morgan fingerprint density at radius 1 is 1.26 bits per heavy atom. The molecule has 1 rings (SSSR count). The van der Waals surface area contributed by atoms with Gasteiger partial charge >= 0.3 is 0 Å². The van der Waals surface area contributed by atoms with Crippen molar-refractivity contribution in [2.45, 2.75) is 20.8 Å². The first-order valence-corrected chi connectivity index (χ1v) is 8.19. The summed E-state index contributed by atoms with van der Waals surface area (Å²) < 4.78 is 5.76. The maximum absolute atomic E-state index is 5.76. The molecule has 23 heavy (non-hydrogen) atoms. The summed E-state index contributed by atoms with van der Waals surface area (Å²) in [6, 6.07) is 8.00. The van der Waals surface area contributed by atoms with Gasteiger partial charge in [-0.1, -0.05) is 56.5 Å². The van der Waals surface area contributed by atoms with Crippen molar-refractivity contribution in [3.05, 3.63) is 60.0 Å². The third-order valence-electron chi connectivity index (χ3n) is 2.68. The summed E-state index contributed by atoms with van der Waals surface area (Å²) in [5.74, 6) is 1.87. The Balaban J connectivity index is 0.00000232. The SMILES string of the molecule is C#C.C=CS/C(=C\C)c1ccc(OC(/C=C\C(C)C)=NC)cc1. The molecule has 0 aliphatic carbocycles. The summed E-state index contributed by atoms with van der Waals surface area (Å²) in [7, 11) is 1.73. The van der Waals surface area contributed by atoms with E-state index in [0.717, 1.165) is 11.3 Å². The van der Waals surface area contributed by atoms with Gasteiger partial charge in [-0.2, -0.15) is 0 Å². The van der Waals surface area contributed by atoms with E-state index in [1.54, 1.807) is 18.8 Å². The van der Waals surface area contributed by atoms with E-state index in [9.17, 15) is 0 Å². The fraction of sp³-hybridized carbons (Fsp3) is 0.250. The summed E-state index contributed by atoms with van der Waals surface area (Å²) in [5, 5.41) is 1.83. The molecule has 0 N–H and O–H groups in total. The van der Waals surface area contributed by atoms with E-state index in [-0.39, 0.29) is 0 Å². The molecule has 0 unspecified atom stereocenters. The van der Waals surface area contributed by atoms with Gasteiger partial charge in [0.15, 0.2) is 0 Å². The Morgan fingerprint density at radius 2 is 1.87 bits per heavy atom. The molecule has 2 nitrogen and oxygen atoms in total. The van der Waals surface area contributed by atoms with Crippen molar-refractivity contribution in [2.24, 2.45) is 10.9 Å². The second-order valence-electron chi connectivity index (χ2n) is 4.73. The molecule has 0 bridgehead atoms. The topological polar surface area (TPSA) is 21.6 Å². The number of hydrogen-bond acceptors (Lipinski definition) is 3. The molecule has 0 aromatic heterocycles. The first-order chi connectivity index (χ1) is 11.1. The van der Waals surface area contributed by atoms with E-state index in [1.807, 2.05) is 42.7 Å². The van der Waals surface area contributed by atoms with E-state index in [2.05, 4.69) is 50.4 Å². The molecule has 0 aliphatic rings. The largest absolute Gasteiger partial charge is 0.439 e. The first kappa shape index (κ1) is 20.8. The lowest BCUT2D eigenvalue weighted by Gasteiger charge is -2.08. The molecular weight excluding hydrogens is 302 g/mol. The van der Waals surface area contributed by atoms with Crippen LogP contribution in [0.25, 0.3) is 4.91 Å². The van der Waals surface area contributed by atoms with Crippen LogP contribution < -0.4 is 4.74 Å². The number of hydrogen-bond donors (Lipinski definition) is 0. The predicted molar refractivity (Wildman–Crippen MR) is 106 cm³/mol. The number of thioether (sulfide) groups is 1. The van der Waals surface area contributed by atoms with E-state index < -0.39 is 0 Å². The second-order valence-corrected chi connectivity index (χ2v) is 5.74. The highest BCUT2D eigenvalue weighted by atomic mass is 32.2. The number of allylic oxidation sites excluding steroid dienone is 2. The average Bonchev–Trinajstić information content (AvgIpc) is 2.58. The molecule has 0 aliphatic heterocycles. The summed E-state index contributed by atoms with van der Waals surface area (Å²) >= 11 is 1.61. The lowest BCUT2D eigenvalue weighted by atomic mass is 10.2. The highest BCUT2D eigenvalue weighted by Gasteiger charge is 2.02. The normalized spacial score (nSPS) is 12.0. The van der Waals surface area contributed by atoms with Gasteiger partial charge < -0.3 is 4.74 Å². The van der Waals surface area contributed by atoms with E-state index in [1.165, 1.54) is 4.91 Å². The zero-order chi connectivity index (χ0) is 17.7. The van der Waals surface area contributed by atoms with E-state index in [0.29, 0.717) is 11.8 Å². The molecule has 0 atom stereocenters. The summed E-state index contributed by atoms with van der Waals surface area (Å²) in [4.78, 5) is 5.32. The fourth-order valence-electron chi connectivity index (χ4n) is 1.63. The molecule has 0 saturated heterocycles. The summed E-state index contributed by atoms with van der Waals surface area (Å²) in [5.41, 5.74) is 1.16. The highest BCUT2D eigenvalue weighted by Crippen LogP contribution is 2.29. The number of nitrogens with zero attached hydrogens (tertiary/aromatic N) is 1. The molecule has 122 valence electrons. The number of rotatable bonds is 6. The lowest BCUT2D eigenvalue weighted by Crippen LogP contribution is -2.05. The van der Waals surface area contributed by atoms with Gasteiger partial charge in [-0.3, -0.25) is 4.99 Å². The van der Waals surface area contributed by atoms with Gasteiger partial charge in [-0.15, -0.1) is 12.8 Å². The van der Waals surface area contributed by atoms with Crippen LogP contribution in [0.3, 0.4) is 0 Å². The third kappa shape index (κ3) is 8.13. The van der Waals surface area contributed by atoms with Crippen LogP contribution in [-0.4, -0.2) is 12.9 Å². The van der Waals surface area contributed by atoms with Gasteiger partial charge in [-0.05, 0) is 42.0 Å². The fourth-order valence-corrected chi connectivity index (χ4v) is 2.22. The van der Waals surface area contributed by atoms with Crippen molar-refractivity contribution < 1.29 is 4.74 Å². The van der Waals surface area contributed by atoms with Crippen molar-refractivity contribution in [3.63, 3.8) is 0 Å². The molecular formula is C20H25NOS. The molecule has 0 radical (unpaired) electrons. The molecule has 3 heteroatoms. The van der Waals surface area contributed by atoms with Gasteiger partial charge in [-0.25, -0.2) is 0 Å². The van der Waals surface area contributed by atoms with Crippen molar-refractivity contribution in [1.29, 1.82) is 0 Å². The molecule has 0 saturated carbocycles. The Labute approximate surface area is 145 Å². The molecule has 0 fully saturated rings. The Bertz CT molecular complexity index is 577. The van der Waals surface area contributed by atoms with Crippen LogP contribution in [0.1, 0.15) is 26.3 Å². The number of benzene rings is 1. The zero-order valence-corrected chi connectivity index (χ0v) is 15.1. The highest BCUT2D eigenvalue weighted by molar-refractivity contribution is 8.10. The monoisotopic (exact) mass is 327 g/mol. The molecule has 0 heterocycles. The zero-order valence-electron chi connectivity index (χ0n) is 14.3.